The minimum atomic E-state index is 0. The molecule has 0 fully saturated rings. The van der Waals surface area contributed by atoms with E-state index in [2.05, 4.69) is 48.2 Å². The monoisotopic (exact) mass is 259 g/mol. The van der Waals surface area contributed by atoms with Gasteiger partial charge >= 0.3 is 58.2 Å². The van der Waals surface area contributed by atoms with Crippen molar-refractivity contribution < 1.29 is 58.2 Å². The molecular formula is C10H12N3Rb. The predicted octanol–water partition coefficient (Wildman–Crippen LogP) is -0.940. The van der Waals surface area contributed by atoms with Gasteiger partial charge in [-0.1, -0.05) is 26.3 Å². The number of H-pyrrole nitrogens is 1. The maximum Gasteiger partial charge on any atom is 1.00 e. The number of nitrogens with one attached hydrogen (secondary N) is 1. The Morgan fingerprint density at radius 1 is 1.36 bits per heavy atom. The molecule has 2 heterocycles. The Kier molecular flexibility index (Phi) is 4.03. The molecule has 4 heteroatoms. The van der Waals surface area contributed by atoms with Gasteiger partial charge in [-0.25, -0.2) is 0 Å². The first kappa shape index (κ1) is 12.5. The minimum absolute atomic E-state index is 0. The Bertz CT molecular complexity index is 428. The van der Waals surface area contributed by atoms with Crippen LogP contribution < -0.4 is 58.2 Å². The van der Waals surface area contributed by atoms with E-state index in [0.29, 0.717) is 0 Å². The summed E-state index contributed by atoms with van der Waals surface area (Å²) in [5.74, 6) is 0. The van der Waals surface area contributed by atoms with Crippen molar-refractivity contribution in [2.24, 2.45) is 0 Å². The number of aromatic amines is 1. The summed E-state index contributed by atoms with van der Waals surface area (Å²) >= 11 is 0. The molecular weight excluding hydrogens is 248 g/mol. The second-order valence-corrected chi connectivity index (χ2v) is 4.21. The van der Waals surface area contributed by atoms with Crippen LogP contribution in [0, 0.1) is 6.20 Å². The molecule has 0 saturated heterocycles. The van der Waals surface area contributed by atoms with Crippen molar-refractivity contribution in [2.75, 3.05) is 0 Å². The van der Waals surface area contributed by atoms with Crippen LogP contribution in [0.1, 0.15) is 26.3 Å². The van der Waals surface area contributed by atoms with Gasteiger partial charge in [-0.15, -0.1) is 5.39 Å². The largest absolute Gasteiger partial charge is 1.00 e. The third-order valence-corrected chi connectivity index (χ3v) is 2.09. The molecule has 0 aromatic carbocycles. The van der Waals surface area contributed by atoms with Crippen molar-refractivity contribution in [3.8, 4) is 0 Å². The van der Waals surface area contributed by atoms with Crippen LogP contribution >= 0.6 is 0 Å². The SMILES string of the molecule is CC(C)(C)c1cnc2[nH]n[c-]c2c1.[Rb+]. The van der Waals surface area contributed by atoms with E-state index in [1.54, 1.807) is 0 Å². The average molecular weight is 260 g/mol. The fourth-order valence-corrected chi connectivity index (χ4v) is 1.19. The minimum Gasteiger partial charge on any atom is -0.327 e. The van der Waals surface area contributed by atoms with Crippen LogP contribution in [0.2, 0.25) is 0 Å². The average Bonchev–Trinajstić information content (AvgIpc) is 2.47. The number of aromatic nitrogens is 3. The molecule has 1 N–H and O–H groups in total. The Hall–Kier alpha value is 0.425. The summed E-state index contributed by atoms with van der Waals surface area (Å²) in [5.41, 5.74) is 2.14. The van der Waals surface area contributed by atoms with Gasteiger partial charge in [-0.3, -0.25) is 5.10 Å². The molecule has 3 nitrogen and oxygen atoms in total. The molecule has 0 aliphatic heterocycles. The molecule has 0 unspecified atom stereocenters. The van der Waals surface area contributed by atoms with E-state index in [9.17, 15) is 0 Å². The molecule has 0 amide bonds. The standard InChI is InChI=1S/C10H12N3.Rb/c1-10(2,3)8-4-7-5-12-13-9(7)11-6-8;/h4,6H,1-3H3,(H,11,12,13);/q-1;+1. The molecule has 0 bridgehead atoms. The first-order valence-corrected chi connectivity index (χ1v) is 4.30. The fourth-order valence-electron chi connectivity index (χ4n) is 1.19. The summed E-state index contributed by atoms with van der Waals surface area (Å²) in [4.78, 5) is 4.26. The number of pyridine rings is 1. The van der Waals surface area contributed by atoms with Crippen molar-refractivity contribution in [1.29, 1.82) is 0 Å². The molecule has 0 spiro atoms. The Morgan fingerprint density at radius 3 is 2.71 bits per heavy atom. The van der Waals surface area contributed by atoms with Crippen LogP contribution in [0.3, 0.4) is 0 Å². The van der Waals surface area contributed by atoms with E-state index >= 15 is 0 Å². The van der Waals surface area contributed by atoms with Crippen LogP contribution in [-0.4, -0.2) is 15.2 Å². The van der Waals surface area contributed by atoms with Crippen LogP contribution in [0.25, 0.3) is 11.0 Å². The first-order valence-electron chi connectivity index (χ1n) is 4.30. The van der Waals surface area contributed by atoms with E-state index in [-0.39, 0.29) is 63.6 Å². The fraction of sp³-hybridized carbons (Fsp3) is 0.400. The van der Waals surface area contributed by atoms with E-state index in [1.807, 2.05) is 6.20 Å². The zero-order valence-corrected chi connectivity index (χ0v) is 14.0. The second kappa shape index (κ2) is 4.52. The van der Waals surface area contributed by atoms with Crippen LogP contribution in [-0.2, 0) is 5.41 Å². The van der Waals surface area contributed by atoms with Gasteiger partial charge in [0.05, 0.1) is 0 Å². The van der Waals surface area contributed by atoms with Gasteiger partial charge in [0.15, 0.2) is 0 Å². The Labute approximate surface area is 132 Å². The third kappa shape index (κ3) is 2.51. The summed E-state index contributed by atoms with van der Waals surface area (Å²) in [5, 5.41) is 7.54. The molecule has 0 atom stereocenters. The molecule has 14 heavy (non-hydrogen) atoms. The van der Waals surface area contributed by atoms with Crippen molar-refractivity contribution in [3.63, 3.8) is 0 Å². The quantitative estimate of drug-likeness (QED) is 0.621. The molecule has 0 radical (unpaired) electrons. The molecule has 0 aliphatic carbocycles. The smallest absolute Gasteiger partial charge is 0.327 e. The Morgan fingerprint density at radius 2 is 2.07 bits per heavy atom. The normalized spacial score (nSPS) is 11.4. The number of nitrogens with zero attached hydrogens (tertiary/aromatic N) is 2. The molecule has 2 aromatic heterocycles. The van der Waals surface area contributed by atoms with Crippen LogP contribution in [0.15, 0.2) is 12.3 Å². The topological polar surface area (TPSA) is 41.6 Å². The maximum atomic E-state index is 4.26. The van der Waals surface area contributed by atoms with E-state index < -0.39 is 0 Å². The third-order valence-electron chi connectivity index (χ3n) is 2.09. The summed E-state index contributed by atoms with van der Waals surface area (Å²) in [6.45, 7) is 6.49. The number of hydrogen-bond donors (Lipinski definition) is 1. The summed E-state index contributed by atoms with van der Waals surface area (Å²) in [7, 11) is 0. The Balaban J connectivity index is 0.000000980. The molecule has 2 aromatic rings. The number of fused-ring (bicyclic) bond motifs is 1. The summed E-state index contributed by atoms with van der Waals surface area (Å²) < 4.78 is 0. The van der Waals surface area contributed by atoms with E-state index in [4.69, 9.17) is 0 Å². The van der Waals surface area contributed by atoms with E-state index in [0.717, 1.165) is 11.0 Å². The van der Waals surface area contributed by atoms with Gasteiger partial charge in [0.25, 0.3) is 0 Å². The van der Waals surface area contributed by atoms with Crippen molar-refractivity contribution in [2.45, 2.75) is 26.2 Å². The zero-order valence-electron chi connectivity index (χ0n) is 9.05. The summed E-state index contributed by atoms with van der Waals surface area (Å²) in [6.07, 6.45) is 4.75. The molecule has 2 rings (SSSR count). The van der Waals surface area contributed by atoms with Crippen LogP contribution in [0.5, 0.6) is 0 Å². The van der Waals surface area contributed by atoms with E-state index in [1.165, 1.54) is 5.56 Å². The molecule has 0 aliphatic rings. The van der Waals surface area contributed by atoms with Crippen LogP contribution in [0.4, 0.5) is 0 Å². The van der Waals surface area contributed by atoms with Gasteiger partial charge in [0.2, 0.25) is 0 Å². The predicted molar refractivity (Wildman–Crippen MR) is 51.4 cm³/mol. The van der Waals surface area contributed by atoms with Crippen molar-refractivity contribution >= 4 is 11.0 Å². The molecule has 0 saturated carbocycles. The number of rotatable bonds is 0. The van der Waals surface area contributed by atoms with Gasteiger partial charge < -0.3 is 10.1 Å². The van der Waals surface area contributed by atoms with Crippen molar-refractivity contribution in [1.82, 2.24) is 15.2 Å². The summed E-state index contributed by atoms with van der Waals surface area (Å²) in [6, 6.07) is 2.08. The maximum absolute atomic E-state index is 4.26. The van der Waals surface area contributed by atoms with Gasteiger partial charge in [-0.2, -0.15) is 6.07 Å². The van der Waals surface area contributed by atoms with Crippen molar-refractivity contribution in [3.05, 3.63) is 24.0 Å². The molecule has 68 valence electrons. The van der Waals surface area contributed by atoms with Gasteiger partial charge in [0, 0.05) is 11.8 Å². The van der Waals surface area contributed by atoms with Gasteiger partial charge in [0.1, 0.15) is 0 Å². The zero-order chi connectivity index (χ0) is 9.47. The second-order valence-electron chi connectivity index (χ2n) is 4.21. The number of hydrogen-bond acceptors (Lipinski definition) is 2. The van der Waals surface area contributed by atoms with Gasteiger partial charge in [-0.05, 0) is 11.6 Å². The first-order chi connectivity index (χ1) is 6.07.